The molecule has 128 valence electrons. The van der Waals surface area contributed by atoms with Gasteiger partial charge in [-0.2, -0.15) is 11.3 Å². The number of rotatable bonds is 3. The molecule has 0 aromatic carbocycles. The van der Waals surface area contributed by atoms with Gasteiger partial charge in [0.1, 0.15) is 11.6 Å². The molecule has 1 amide bonds. The Labute approximate surface area is 140 Å². The highest BCUT2D eigenvalue weighted by atomic mass is 32.1. The fourth-order valence-corrected chi connectivity index (χ4v) is 3.32. The summed E-state index contributed by atoms with van der Waals surface area (Å²) in [5, 5.41) is 13.3. The average molecular weight is 340 g/mol. The molecule has 1 aromatic rings. The number of nitrogens with zero attached hydrogens (tertiary/aromatic N) is 2. The summed E-state index contributed by atoms with van der Waals surface area (Å²) in [5.41, 5.74) is 0.275. The van der Waals surface area contributed by atoms with Crippen LogP contribution in [0.2, 0.25) is 0 Å². The Morgan fingerprint density at radius 3 is 2.57 bits per heavy atom. The molecule has 0 bridgehead atoms. The van der Waals surface area contributed by atoms with Crippen molar-refractivity contribution < 1.29 is 19.4 Å². The lowest BCUT2D eigenvalue weighted by atomic mass is 10.1. The van der Waals surface area contributed by atoms with Crippen LogP contribution < -0.4 is 0 Å². The fourth-order valence-electron chi connectivity index (χ4n) is 2.64. The molecule has 1 fully saturated rings. The number of ether oxygens (including phenoxy) is 1. The van der Waals surface area contributed by atoms with Crippen molar-refractivity contribution in [1.82, 2.24) is 9.80 Å². The summed E-state index contributed by atoms with van der Waals surface area (Å²) in [6.07, 6.45) is 0.398. The zero-order chi connectivity index (χ0) is 17.0. The summed E-state index contributed by atoms with van der Waals surface area (Å²) in [6.45, 7) is 7.74. The van der Waals surface area contributed by atoms with Crippen molar-refractivity contribution >= 4 is 23.4 Å². The van der Waals surface area contributed by atoms with Gasteiger partial charge >= 0.3 is 12.1 Å². The van der Waals surface area contributed by atoms with Gasteiger partial charge in [-0.15, -0.1) is 0 Å². The van der Waals surface area contributed by atoms with Gasteiger partial charge in [-0.05, 0) is 49.6 Å². The third kappa shape index (κ3) is 4.94. The molecule has 0 spiro atoms. The minimum absolute atomic E-state index is 0.332. The Morgan fingerprint density at radius 1 is 1.26 bits per heavy atom. The molecule has 1 atom stereocenters. The molecule has 0 saturated carbocycles. The van der Waals surface area contributed by atoms with Gasteiger partial charge in [0.15, 0.2) is 0 Å². The number of hydrogen-bond donors (Lipinski definition) is 1. The van der Waals surface area contributed by atoms with Crippen LogP contribution in [0, 0.1) is 0 Å². The lowest BCUT2D eigenvalue weighted by Crippen LogP contribution is -2.40. The number of hydrogen-bond acceptors (Lipinski definition) is 5. The molecular weight excluding hydrogens is 316 g/mol. The zero-order valence-electron chi connectivity index (χ0n) is 13.8. The number of carbonyl (C=O) groups is 2. The van der Waals surface area contributed by atoms with E-state index in [0.29, 0.717) is 26.2 Å². The number of carboxylic acids is 1. The van der Waals surface area contributed by atoms with E-state index in [2.05, 4.69) is 0 Å². The van der Waals surface area contributed by atoms with Crippen LogP contribution in [0.25, 0.3) is 0 Å². The van der Waals surface area contributed by atoms with Gasteiger partial charge in [0, 0.05) is 26.2 Å². The van der Waals surface area contributed by atoms with Crippen LogP contribution in [0.3, 0.4) is 0 Å². The minimum atomic E-state index is -0.853. The minimum Gasteiger partial charge on any atom is -0.480 e. The topological polar surface area (TPSA) is 70.1 Å². The Hall–Kier alpha value is -1.60. The lowest BCUT2D eigenvalue weighted by molar-refractivity contribution is -0.143. The molecule has 1 aliphatic heterocycles. The number of amides is 1. The maximum Gasteiger partial charge on any atom is 0.410 e. The van der Waals surface area contributed by atoms with Gasteiger partial charge in [-0.3, -0.25) is 9.69 Å². The van der Waals surface area contributed by atoms with Gasteiger partial charge in [0.25, 0.3) is 0 Å². The second-order valence-electron chi connectivity index (χ2n) is 6.65. The predicted molar refractivity (Wildman–Crippen MR) is 88.7 cm³/mol. The summed E-state index contributed by atoms with van der Waals surface area (Å²) in [7, 11) is 0. The quantitative estimate of drug-likeness (QED) is 0.916. The second kappa shape index (κ2) is 7.31. The van der Waals surface area contributed by atoms with Crippen LogP contribution in [0.4, 0.5) is 4.79 Å². The van der Waals surface area contributed by atoms with E-state index < -0.39 is 17.6 Å². The zero-order valence-corrected chi connectivity index (χ0v) is 14.6. The molecule has 1 aromatic heterocycles. The first kappa shape index (κ1) is 17.7. The lowest BCUT2D eigenvalue weighted by Gasteiger charge is -2.28. The monoisotopic (exact) mass is 340 g/mol. The SMILES string of the molecule is CC(C)(C)OC(=O)N1CCCN([C@H](C(=O)O)c2ccsc2)CC1. The van der Waals surface area contributed by atoms with E-state index in [-0.39, 0.29) is 6.09 Å². The van der Waals surface area contributed by atoms with Crippen molar-refractivity contribution in [3.8, 4) is 0 Å². The molecule has 1 saturated heterocycles. The number of thiophene rings is 1. The molecule has 7 heteroatoms. The van der Waals surface area contributed by atoms with Gasteiger partial charge in [-0.1, -0.05) is 0 Å². The van der Waals surface area contributed by atoms with Crippen molar-refractivity contribution in [3.63, 3.8) is 0 Å². The maximum atomic E-state index is 12.2. The first-order chi connectivity index (χ1) is 10.8. The van der Waals surface area contributed by atoms with E-state index in [4.69, 9.17) is 4.74 Å². The molecule has 2 rings (SSSR count). The molecule has 23 heavy (non-hydrogen) atoms. The van der Waals surface area contributed by atoms with Crippen molar-refractivity contribution in [1.29, 1.82) is 0 Å². The highest BCUT2D eigenvalue weighted by Crippen LogP contribution is 2.25. The normalized spacial score (nSPS) is 18.3. The standard InChI is InChI=1S/C16H24N2O4S/c1-16(2,3)22-15(21)18-7-4-6-17(8-9-18)13(14(19)20)12-5-10-23-11-12/h5,10-11,13H,4,6-9H2,1-3H3,(H,19,20)/t13-/m0/s1. The van der Waals surface area contributed by atoms with Crippen molar-refractivity contribution in [2.45, 2.75) is 38.8 Å². The Bertz CT molecular complexity index is 539. The molecule has 1 aliphatic rings. The second-order valence-corrected chi connectivity index (χ2v) is 7.43. The van der Waals surface area contributed by atoms with Gasteiger partial charge in [0.05, 0.1) is 0 Å². The first-order valence-corrected chi connectivity index (χ1v) is 8.69. The molecule has 1 N–H and O–H groups in total. The number of carbonyl (C=O) groups excluding carboxylic acids is 1. The largest absolute Gasteiger partial charge is 0.480 e. The van der Waals surface area contributed by atoms with E-state index in [0.717, 1.165) is 12.0 Å². The molecule has 0 unspecified atom stereocenters. The van der Waals surface area contributed by atoms with E-state index in [1.165, 1.54) is 11.3 Å². The summed E-state index contributed by atoms with van der Waals surface area (Å²) in [4.78, 5) is 27.4. The summed E-state index contributed by atoms with van der Waals surface area (Å²) >= 11 is 1.49. The third-order valence-electron chi connectivity index (χ3n) is 3.64. The van der Waals surface area contributed by atoms with Crippen molar-refractivity contribution in [3.05, 3.63) is 22.4 Å². The molecule has 0 radical (unpaired) electrons. The number of aliphatic carboxylic acids is 1. The maximum absolute atomic E-state index is 12.2. The first-order valence-electron chi connectivity index (χ1n) is 7.75. The van der Waals surface area contributed by atoms with E-state index in [1.54, 1.807) is 4.90 Å². The van der Waals surface area contributed by atoms with Gasteiger partial charge in [0.2, 0.25) is 0 Å². The predicted octanol–water partition coefficient (Wildman–Crippen LogP) is 2.82. The smallest absolute Gasteiger partial charge is 0.410 e. The molecule has 0 aliphatic carbocycles. The Morgan fingerprint density at radius 2 is 2.00 bits per heavy atom. The summed E-state index contributed by atoms with van der Waals surface area (Å²) < 4.78 is 5.40. The van der Waals surface area contributed by atoms with Crippen LogP contribution >= 0.6 is 11.3 Å². The summed E-state index contributed by atoms with van der Waals surface area (Å²) in [6, 6.07) is 1.19. The highest BCUT2D eigenvalue weighted by Gasteiger charge is 2.31. The molecular formula is C16H24N2O4S. The van der Waals surface area contributed by atoms with Crippen LogP contribution in [0.1, 0.15) is 38.8 Å². The summed E-state index contributed by atoms with van der Waals surface area (Å²) in [5.74, 6) is -0.853. The molecule has 6 nitrogen and oxygen atoms in total. The van der Waals surface area contributed by atoms with E-state index in [1.807, 2.05) is 42.5 Å². The Balaban J connectivity index is 2.02. The van der Waals surface area contributed by atoms with Crippen LogP contribution in [-0.4, -0.2) is 58.7 Å². The van der Waals surface area contributed by atoms with E-state index in [9.17, 15) is 14.7 Å². The van der Waals surface area contributed by atoms with E-state index >= 15 is 0 Å². The highest BCUT2D eigenvalue weighted by molar-refractivity contribution is 7.08. The number of carboxylic acid groups (broad SMARTS) is 1. The van der Waals surface area contributed by atoms with Crippen molar-refractivity contribution in [2.24, 2.45) is 0 Å². The van der Waals surface area contributed by atoms with Crippen LogP contribution in [0.5, 0.6) is 0 Å². The van der Waals surface area contributed by atoms with Gasteiger partial charge < -0.3 is 14.7 Å². The van der Waals surface area contributed by atoms with Crippen LogP contribution in [0.15, 0.2) is 16.8 Å². The third-order valence-corrected chi connectivity index (χ3v) is 4.34. The fraction of sp³-hybridized carbons (Fsp3) is 0.625. The van der Waals surface area contributed by atoms with Crippen molar-refractivity contribution in [2.75, 3.05) is 26.2 Å². The van der Waals surface area contributed by atoms with Gasteiger partial charge in [-0.25, -0.2) is 4.79 Å². The average Bonchev–Trinajstić information content (AvgIpc) is 2.81. The molecule has 2 heterocycles. The Kier molecular flexibility index (Phi) is 5.64. The van der Waals surface area contributed by atoms with Crippen LogP contribution in [-0.2, 0) is 9.53 Å².